The number of nitrogens with zero attached hydrogens (tertiary/aromatic N) is 2. The van der Waals surface area contributed by atoms with Crippen molar-refractivity contribution in [3.63, 3.8) is 0 Å². The van der Waals surface area contributed by atoms with Crippen molar-refractivity contribution in [3.8, 4) is 22.9 Å². The number of benzene rings is 2. The maximum atomic E-state index is 15.0. The SMILES string of the molecule is CCCCCCCCc1cc(-c2ncccn2)ccc1OCC(F)Cc1ccc(OCC(F)(F)OC(F)(F)C(F)(F)OC(F)(F)C(F)(F)C(F)(F)C(F)(F)F)cc1. The minimum absolute atomic E-state index is 0.225. The summed E-state index contributed by atoms with van der Waals surface area (Å²) in [6.45, 7) is -0.734. The largest absolute Gasteiger partial charge is 0.490 e. The number of hydrogen-bond donors (Lipinski definition) is 0. The van der Waals surface area contributed by atoms with E-state index in [-0.39, 0.29) is 12.0 Å². The van der Waals surface area contributed by atoms with E-state index in [1.54, 1.807) is 35.3 Å². The van der Waals surface area contributed by atoms with Crippen LogP contribution in [0.1, 0.15) is 56.6 Å². The van der Waals surface area contributed by atoms with Gasteiger partial charge in [-0.25, -0.2) is 23.8 Å². The lowest BCUT2D eigenvalue weighted by molar-refractivity contribution is -0.542. The first-order valence-corrected chi connectivity index (χ1v) is 16.9. The van der Waals surface area contributed by atoms with Crippen molar-refractivity contribution in [2.24, 2.45) is 0 Å². The Morgan fingerprint density at radius 3 is 1.81 bits per heavy atom. The first-order valence-electron chi connectivity index (χ1n) is 16.9. The van der Waals surface area contributed by atoms with Crippen LogP contribution in [0.15, 0.2) is 60.9 Å². The monoisotopic (exact) mass is 850 g/mol. The molecule has 0 radical (unpaired) electrons. The summed E-state index contributed by atoms with van der Waals surface area (Å²) in [5.74, 6) is -15.5. The van der Waals surface area contributed by atoms with E-state index < -0.39 is 67.6 Å². The number of halogens is 16. The first kappa shape index (κ1) is 47.3. The molecule has 1 aromatic heterocycles. The van der Waals surface area contributed by atoms with Gasteiger partial charge in [-0.05, 0) is 60.4 Å². The van der Waals surface area contributed by atoms with Crippen LogP contribution >= 0.6 is 0 Å². The van der Waals surface area contributed by atoms with Gasteiger partial charge in [0.25, 0.3) is 0 Å². The summed E-state index contributed by atoms with van der Waals surface area (Å²) >= 11 is 0. The smallest absolute Gasteiger partial charge is 0.460 e. The first-order chi connectivity index (χ1) is 26.3. The number of alkyl halides is 16. The van der Waals surface area contributed by atoms with Crippen LogP contribution in [-0.2, 0) is 22.3 Å². The van der Waals surface area contributed by atoms with Crippen molar-refractivity contribution < 1.29 is 89.2 Å². The molecule has 1 atom stereocenters. The summed E-state index contributed by atoms with van der Waals surface area (Å²) in [7, 11) is 0. The number of hydrogen-bond acceptors (Lipinski definition) is 6. The molecule has 57 heavy (non-hydrogen) atoms. The van der Waals surface area contributed by atoms with Crippen LogP contribution in [0.5, 0.6) is 11.5 Å². The molecule has 3 rings (SSSR count). The van der Waals surface area contributed by atoms with Crippen molar-refractivity contribution in [1.82, 2.24) is 9.97 Å². The lowest BCUT2D eigenvalue weighted by Gasteiger charge is -2.36. The Labute approximate surface area is 314 Å². The molecule has 320 valence electrons. The van der Waals surface area contributed by atoms with Crippen molar-refractivity contribution in [2.75, 3.05) is 13.2 Å². The molecule has 1 heterocycles. The second kappa shape index (κ2) is 18.7. The summed E-state index contributed by atoms with van der Waals surface area (Å²) in [6, 6.07) is 10.9. The highest BCUT2D eigenvalue weighted by Gasteiger charge is 2.85. The van der Waals surface area contributed by atoms with Crippen molar-refractivity contribution in [2.45, 2.75) is 107 Å². The third-order valence-corrected chi connectivity index (χ3v) is 7.88. The molecular formula is C35H34F16N2O4. The highest BCUT2D eigenvalue weighted by atomic mass is 19.4. The zero-order valence-corrected chi connectivity index (χ0v) is 29.5. The number of ether oxygens (including phenoxy) is 4. The van der Waals surface area contributed by atoms with Gasteiger partial charge in [0.15, 0.2) is 12.4 Å². The Morgan fingerprint density at radius 2 is 1.21 bits per heavy atom. The van der Waals surface area contributed by atoms with Crippen molar-refractivity contribution >= 4 is 0 Å². The molecule has 0 saturated heterocycles. The van der Waals surface area contributed by atoms with E-state index in [4.69, 9.17) is 4.74 Å². The van der Waals surface area contributed by atoms with Gasteiger partial charge in [0, 0.05) is 24.4 Å². The predicted octanol–water partition coefficient (Wildman–Crippen LogP) is 11.6. The van der Waals surface area contributed by atoms with Crippen LogP contribution in [-0.4, -0.2) is 71.8 Å². The maximum Gasteiger partial charge on any atom is 0.460 e. The van der Waals surface area contributed by atoms with Crippen LogP contribution < -0.4 is 9.47 Å². The Hall–Kier alpha value is -4.08. The van der Waals surface area contributed by atoms with Gasteiger partial charge in [-0.2, -0.15) is 65.9 Å². The molecule has 0 aliphatic rings. The van der Waals surface area contributed by atoms with Gasteiger partial charge in [0.2, 0.25) is 0 Å². The van der Waals surface area contributed by atoms with E-state index >= 15 is 4.39 Å². The number of unbranched alkanes of at least 4 members (excludes halogenated alkanes) is 5. The molecule has 0 fully saturated rings. The molecule has 0 saturated carbocycles. The fraction of sp³-hybridized carbons (Fsp3) is 0.543. The van der Waals surface area contributed by atoms with Gasteiger partial charge < -0.3 is 9.47 Å². The summed E-state index contributed by atoms with van der Waals surface area (Å²) in [4.78, 5) is 8.47. The highest BCUT2D eigenvalue weighted by molar-refractivity contribution is 5.58. The molecule has 0 N–H and O–H groups in total. The van der Waals surface area contributed by atoms with Gasteiger partial charge >= 0.3 is 42.5 Å². The minimum Gasteiger partial charge on any atom is -0.490 e. The summed E-state index contributed by atoms with van der Waals surface area (Å²) < 4.78 is 227. The molecule has 0 spiro atoms. The van der Waals surface area contributed by atoms with E-state index in [2.05, 4.69) is 26.4 Å². The molecule has 3 aromatic rings. The standard InChI is InChI=1S/C35H34F16N2O4/c1-2-3-4-5-6-7-9-23-19-24(28-52-16-8-17-53-28)12-15-27(23)54-20-25(36)18-22-10-13-26(14-11-22)55-21-29(37,38)56-34(48,49)35(50,51)57-33(46,47)31(41,42)30(39,40)32(43,44)45/h8,10-17,19,25H,2-7,9,18,20-21H2,1H3. The zero-order valence-electron chi connectivity index (χ0n) is 29.5. The lowest BCUT2D eigenvalue weighted by Crippen LogP contribution is -2.64. The molecule has 0 aliphatic heterocycles. The molecule has 0 aliphatic carbocycles. The zero-order chi connectivity index (χ0) is 42.9. The molecular weight excluding hydrogens is 816 g/mol. The molecule has 0 bridgehead atoms. The Kier molecular flexibility index (Phi) is 15.5. The summed E-state index contributed by atoms with van der Waals surface area (Å²) in [5, 5.41) is 0. The Bertz CT molecular complexity index is 1690. The Morgan fingerprint density at radius 1 is 0.632 bits per heavy atom. The van der Waals surface area contributed by atoms with Crippen LogP contribution in [0.4, 0.5) is 70.2 Å². The average Bonchev–Trinajstić information content (AvgIpc) is 3.11. The fourth-order valence-electron chi connectivity index (χ4n) is 4.90. The Balaban J connectivity index is 1.58. The van der Waals surface area contributed by atoms with Gasteiger partial charge in [-0.15, -0.1) is 0 Å². The van der Waals surface area contributed by atoms with Gasteiger partial charge in [0.1, 0.15) is 24.3 Å². The normalized spacial score (nSPS) is 14.1. The van der Waals surface area contributed by atoms with Crippen LogP contribution in [0.25, 0.3) is 11.4 Å². The van der Waals surface area contributed by atoms with Crippen molar-refractivity contribution in [1.29, 1.82) is 0 Å². The predicted molar refractivity (Wildman–Crippen MR) is 168 cm³/mol. The lowest BCUT2D eigenvalue weighted by atomic mass is 10.0. The second-order valence-corrected chi connectivity index (χ2v) is 12.5. The van der Waals surface area contributed by atoms with E-state index in [1.165, 1.54) is 0 Å². The summed E-state index contributed by atoms with van der Waals surface area (Å²) in [5.41, 5.74) is 1.74. The summed E-state index contributed by atoms with van der Waals surface area (Å²) in [6.07, 6.45) is -27.3. The third-order valence-electron chi connectivity index (χ3n) is 7.88. The third kappa shape index (κ3) is 12.5. The highest BCUT2D eigenvalue weighted by Crippen LogP contribution is 2.56. The van der Waals surface area contributed by atoms with E-state index in [9.17, 15) is 65.9 Å². The molecule has 0 amide bonds. The molecule has 22 heteroatoms. The molecule has 6 nitrogen and oxygen atoms in total. The van der Waals surface area contributed by atoms with E-state index in [0.717, 1.165) is 73.9 Å². The van der Waals surface area contributed by atoms with Crippen LogP contribution in [0, 0.1) is 0 Å². The topological polar surface area (TPSA) is 62.7 Å². The van der Waals surface area contributed by atoms with Gasteiger partial charge in [-0.1, -0.05) is 51.2 Å². The number of aryl methyl sites for hydroxylation is 1. The maximum absolute atomic E-state index is 15.0. The average molecular weight is 851 g/mol. The molecule has 2 aromatic carbocycles. The molecule has 1 unspecified atom stereocenters. The van der Waals surface area contributed by atoms with E-state index in [1.807, 2.05) is 6.07 Å². The van der Waals surface area contributed by atoms with Gasteiger partial charge in [0.05, 0.1) is 0 Å². The van der Waals surface area contributed by atoms with Crippen molar-refractivity contribution in [3.05, 3.63) is 72.1 Å². The van der Waals surface area contributed by atoms with Gasteiger partial charge in [-0.3, -0.25) is 0 Å². The number of aromatic nitrogens is 2. The second-order valence-electron chi connectivity index (χ2n) is 12.5. The quantitative estimate of drug-likeness (QED) is 0.0700. The van der Waals surface area contributed by atoms with Crippen LogP contribution in [0.3, 0.4) is 0 Å². The van der Waals surface area contributed by atoms with Crippen LogP contribution in [0.2, 0.25) is 0 Å². The minimum atomic E-state index is -7.95. The number of rotatable bonds is 23. The fourth-order valence-corrected chi connectivity index (χ4v) is 4.90. The van der Waals surface area contributed by atoms with E-state index in [0.29, 0.717) is 18.0 Å².